The molecule has 0 fully saturated rings. The van der Waals surface area contributed by atoms with E-state index in [-0.39, 0.29) is 6.04 Å². The highest BCUT2D eigenvalue weighted by molar-refractivity contribution is 5.85. The fourth-order valence-electron chi connectivity index (χ4n) is 2.82. The van der Waals surface area contributed by atoms with Crippen molar-refractivity contribution < 1.29 is 0 Å². The first-order chi connectivity index (χ1) is 7.77. The van der Waals surface area contributed by atoms with Gasteiger partial charge in [-0.25, -0.2) is 0 Å². The lowest BCUT2D eigenvalue weighted by atomic mass is 10.0. The van der Waals surface area contributed by atoms with Crippen LogP contribution in [0.15, 0.2) is 18.5 Å². The zero-order valence-corrected chi connectivity index (χ0v) is 9.61. The van der Waals surface area contributed by atoms with Crippen LogP contribution < -0.4 is 5.73 Å². The molecule has 2 N–H and O–H groups in total. The first-order valence-electron chi connectivity index (χ1n) is 5.97. The maximum atomic E-state index is 5.94. The van der Waals surface area contributed by atoms with Gasteiger partial charge in [0.25, 0.3) is 0 Å². The maximum Gasteiger partial charge on any atom is 0.0671 e. The van der Waals surface area contributed by atoms with Gasteiger partial charge in [-0.1, -0.05) is 0 Å². The Labute approximate surface area is 95.3 Å². The molecule has 0 radical (unpaired) electrons. The Hall–Kier alpha value is -1.35. The second-order valence-electron chi connectivity index (χ2n) is 4.75. The molecule has 3 heteroatoms. The van der Waals surface area contributed by atoms with Crippen LogP contribution in [0.3, 0.4) is 0 Å². The third kappa shape index (κ3) is 1.35. The Morgan fingerprint density at radius 3 is 3.25 bits per heavy atom. The summed E-state index contributed by atoms with van der Waals surface area (Å²) >= 11 is 0. The molecule has 0 saturated heterocycles. The van der Waals surface area contributed by atoms with E-state index in [0.717, 1.165) is 13.0 Å². The van der Waals surface area contributed by atoms with Gasteiger partial charge in [0, 0.05) is 29.9 Å². The van der Waals surface area contributed by atoms with Gasteiger partial charge in [-0.05, 0) is 37.8 Å². The van der Waals surface area contributed by atoms with Gasteiger partial charge >= 0.3 is 0 Å². The summed E-state index contributed by atoms with van der Waals surface area (Å²) < 4.78 is 2.42. The Balaban J connectivity index is 2.25. The van der Waals surface area contributed by atoms with E-state index in [9.17, 15) is 0 Å². The highest BCUT2D eigenvalue weighted by Crippen LogP contribution is 2.31. The van der Waals surface area contributed by atoms with Gasteiger partial charge < -0.3 is 10.3 Å². The van der Waals surface area contributed by atoms with Crippen LogP contribution in [0.25, 0.3) is 10.9 Å². The molecule has 1 aliphatic rings. The summed E-state index contributed by atoms with van der Waals surface area (Å²) in [4.78, 5) is 4.23. The number of aromatic nitrogens is 2. The SMILES string of the molecule is CC(N)Cc1c2n(c3cnccc13)CCC2. The minimum Gasteiger partial charge on any atom is -0.343 e. The van der Waals surface area contributed by atoms with E-state index < -0.39 is 0 Å². The van der Waals surface area contributed by atoms with Crippen LogP contribution in [0.2, 0.25) is 0 Å². The molecule has 84 valence electrons. The molecule has 3 heterocycles. The van der Waals surface area contributed by atoms with Gasteiger partial charge in [-0.15, -0.1) is 0 Å². The fraction of sp³-hybridized carbons (Fsp3) is 0.462. The second kappa shape index (κ2) is 3.59. The molecular formula is C13H17N3. The molecule has 16 heavy (non-hydrogen) atoms. The van der Waals surface area contributed by atoms with Crippen molar-refractivity contribution in [2.45, 2.75) is 38.8 Å². The van der Waals surface area contributed by atoms with Crippen LogP contribution in [0.5, 0.6) is 0 Å². The number of hydrogen-bond acceptors (Lipinski definition) is 2. The minimum absolute atomic E-state index is 0.226. The van der Waals surface area contributed by atoms with Crippen LogP contribution in [-0.4, -0.2) is 15.6 Å². The quantitative estimate of drug-likeness (QED) is 0.831. The lowest BCUT2D eigenvalue weighted by Crippen LogP contribution is -2.18. The molecular weight excluding hydrogens is 198 g/mol. The van der Waals surface area contributed by atoms with E-state index in [1.54, 1.807) is 0 Å². The van der Waals surface area contributed by atoms with Crippen LogP contribution in [0.1, 0.15) is 24.6 Å². The van der Waals surface area contributed by atoms with Crippen LogP contribution in [0, 0.1) is 0 Å². The summed E-state index contributed by atoms with van der Waals surface area (Å²) in [6.45, 7) is 3.21. The second-order valence-corrected chi connectivity index (χ2v) is 4.75. The summed E-state index contributed by atoms with van der Waals surface area (Å²) in [5, 5.41) is 1.35. The predicted octanol–water partition coefficient (Wildman–Crippen LogP) is 1.87. The predicted molar refractivity (Wildman–Crippen MR) is 65.4 cm³/mol. The lowest BCUT2D eigenvalue weighted by Gasteiger charge is -2.05. The highest BCUT2D eigenvalue weighted by atomic mass is 15.0. The summed E-state index contributed by atoms with van der Waals surface area (Å²) in [5.74, 6) is 0. The van der Waals surface area contributed by atoms with Crippen LogP contribution >= 0.6 is 0 Å². The summed E-state index contributed by atoms with van der Waals surface area (Å²) in [7, 11) is 0. The first kappa shape index (κ1) is 9.85. The van der Waals surface area contributed by atoms with Crippen molar-refractivity contribution in [2.75, 3.05) is 0 Å². The highest BCUT2D eigenvalue weighted by Gasteiger charge is 2.21. The van der Waals surface area contributed by atoms with Gasteiger partial charge in [0.15, 0.2) is 0 Å². The Kier molecular flexibility index (Phi) is 2.21. The Bertz CT molecular complexity index is 525. The minimum atomic E-state index is 0.226. The number of fused-ring (bicyclic) bond motifs is 3. The number of aryl methyl sites for hydroxylation is 1. The van der Waals surface area contributed by atoms with Crippen molar-refractivity contribution in [3.8, 4) is 0 Å². The van der Waals surface area contributed by atoms with E-state index in [1.807, 2.05) is 12.4 Å². The third-order valence-electron chi connectivity index (χ3n) is 3.41. The van der Waals surface area contributed by atoms with E-state index in [4.69, 9.17) is 5.73 Å². The molecule has 1 aliphatic heterocycles. The topological polar surface area (TPSA) is 43.8 Å². The lowest BCUT2D eigenvalue weighted by molar-refractivity contribution is 0.733. The molecule has 0 aliphatic carbocycles. The summed E-state index contributed by atoms with van der Waals surface area (Å²) in [5.41, 5.74) is 10.2. The van der Waals surface area contributed by atoms with Gasteiger partial charge in [0.1, 0.15) is 0 Å². The molecule has 3 nitrogen and oxygen atoms in total. The molecule has 0 amide bonds. The third-order valence-corrected chi connectivity index (χ3v) is 3.41. The van der Waals surface area contributed by atoms with Crippen molar-refractivity contribution in [2.24, 2.45) is 5.73 Å². The zero-order chi connectivity index (χ0) is 11.1. The Morgan fingerprint density at radius 1 is 1.56 bits per heavy atom. The van der Waals surface area contributed by atoms with Gasteiger partial charge in [0.05, 0.1) is 11.7 Å². The van der Waals surface area contributed by atoms with Crippen molar-refractivity contribution in [1.29, 1.82) is 0 Å². The van der Waals surface area contributed by atoms with E-state index in [1.165, 1.54) is 35.0 Å². The molecule has 2 aromatic rings. The fourth-order valence-corrected chi connectivity index (χ4v) is 2.82. The standard InChI is InChI=1S/C13H17N3/c1-9(14)7-11-10-4-5-15-8-13(10)16-6-2-3-12(11)16/h4-5,8-9H,2-3,6-7,14H2,1H3. The number of hydrogen-bond donors (Lipinski definition) is 1. The van der Waals surface area contributed by atoms with Crippen LogP contribution in [-0.2, 0) is 19.4 Å². The average molecular weight is 215 g/mol. The molecule has 1 atom stereocenters. The molecule has 0 bridgehead atoms. The first-order valence-corrected chi connectivity index (χ1v) is 5.97. The Morgan fingerprint density at radius 2 is 2.44 bits per heavy atom. The summed E-state index contributed by atoms with van der Waals surface area (Å²) in [6.07, 6.45) is 7.28. The molecule has 0 aromatic carbocycles. The summed E-state index contributed by atoms with van der Waals surface area (Å²) in [6, 6.07) is 2.35. The van der Waals surface area contributed by atoms with Crippen molar-refractivity contribution >= 4 is 10.9 Å². The largest absolute Gasteiger partial charge is 0.343 e. The molecule has 0 saturated carbocycles. The van der Waals surface area contributed by atoms with Gasteiger partial charge in [-0.2, -0.15) is 0 Å². The van der Waals surface area contributed by atoms with E-state index in [0.29, 0.717) is 0 Å². The van der Waals surface area contributed by atoms with E-state index >= 15 is 0 Å². The molecule has 3 rings (SSSR count). The monoisotopic (exact) mass is 215 g/mol. The zero-order valence-electron chi connectivity index (χ0n) is 9.61. The van der Waals surface area contributed by atoms with Gasteiger partial charge in [-0.3, -0.25) is 4.98 Å². The normalized spacial score (nSPS) is 16.6. The number of nitrogens with two attached hydrogens (primary N) is 1. The molecule has 2 aromatic heterocycles. The van der Waals surface area contributed by atoms with Crippen molar-refractivity contribution in [3.05, 3.63) is 29.7 Å². The molecule has 0 spiro atoms. The maximum absolute atomic E-state index is 5.94. The number of rotatable bonds is 2. The van der Waals surface area contributed by atoms with E-state index in [2.05, 4.69) is 22.5 Å². The van der Waals surface area contributed by atoms with Crippen LogP contribution in [0.4, 0.5) is 0 Å². The smallest absolute Gasteiger partial charge is 0.0671 e. The molecule has 1 unspecified atom stereocenters. The number of nitrogens with zero attached hydrogens (tertiary/aromatic N) is 2. The van der Waals surface area contributed by atoms with Crippen molar-refractivity contribution in [1.82, 2.24) is 9.55 Å². The average Bonchev–Trinajstić information content (AvgIpc) is 2.82. The van der Waals surface area contributed by atoms with Gasteiger partial charge in [0.2, 0.25) is 0 Å². The number of pyridine rings is 1. The van der Waals surface area contributed by atoms with Crippen molar-refractivity contribution in [3.63, 3.8) is 0 Å².